The van der Waals surface area contributed by atoms with Gasteiger partial charge in [-0.1, -0.05) is 36.4 Å². The van der Waals surface area contributed by atoms with Gasteiger partial charge in [-0.2, -0.15) is 5.26 Å². The molecule has 0 heterocycles. The second kappa shape index (κ2) is 10.6. The van der Waals surface area contributed by atoms with Gasteiger partial charge in [0.2, 0.25) is 0 Å². The maximum Gasteiger partial charge on any atom is 0.271 e. The van der Waals surface area contributed by atoms with Crippen LogP contribution in [0.2, 0.25) is 0 Å². The van der Waals surface area contributed by atoms with Gasteiger partial charge in [-0.3, -0.25) is 14.9 Å². The number of nitrogens with one attached hydrogen (secondary N) is 1. The predicted octanol–water partition coefficient (Wildman–Crippen LogP) is 5.04. The summed E-state index contributed by atoms with van der Waals surface area (Å²) < 4.78 is 10.9. The van der Waals surface area contributed by atoms with Crippen LogP contribution in [0.25, 0.3) is 6.08 Å². The largest absolute Gasteiger partial charge is 0.495 e. The highest BCUT2D eigenvalue weighted by Crippen LogP contribution is 2.29. The van der Waals surface area contributed by atoms with Gasteiger partial charge in [-0.25, -0.2) is 0 Å². The van der Waals surface area contributed by atoms with Crippen LogP contribution in [0.15, 0.2) is 72.3 Å². The molecule has 0 aliphatic rings. The number of nitrogens with zero attached hydrogens (tertiary/aromatic N) is 2. The summed E-state index contributed by atoms with van der Waals surface area (Å²) in [6.07, 6.45) is 1.42. The first kappa shape index (κ1) is 23.0. The summed E-state index contributed by atoms with van der Waals surface area (Å²) in [7, 11) is 1.38. The standard InChI is InChI=1S/C25H21N3O5/c1-17-5-3-4-6-19(17)16-33-22-10-7-18(8-11-22)13-20(15-26)25(29)27-23-14-21(28(30)31)9-12-24(23)32-2/h3-14H,16H2,1-2H3,(H,27,29)/b20-13+. The molecule has 0 aliphatic heterocycles. The third-order valence-electron chi connectivity index (χ3n) is 4.85. The molecule has 166 valence electrons. The molecule has 1 amide bonds. The van der Waals surface area contributed by atoms with Crippen LogP contribution in [-0.4, -0.2) is 17.9 Å². The molecule has 8 heteroatoms. The number of methoxy groups -OCH3 is 1. The zero-order chi connectivity index (χ0) is 23.8. The van der Waals surface area contributed by atoms with Crippen molar-refractivity contribution >= 4 is 23.4 Å². The number of ether oxygens (including phenoxy) is 2. The van der Waals surface area contributed by atoms with Crippen LogP contribution in [0.1, 0.15) is 16.7 Å². The van der Waals surface area contributed by atoms with E-state index in [0.717, 1.165) is 11.1 Å². The Hall–Kier alpha value is -4.64. The van der Waals surface area contributed by atoms with Gasteiger partial charge in [0.25, 0.3) is 11.6 Å². The SMILES string of the molecule is COc1ccc([N+](=O)[O-])cc1NC(=O)/C(C#N)=C/c1ccc(OCc2ccccc2C)cc1. The molecule has 0 unspecified atom stereocenters. The fraction of sp³-hybridized carbons (Fsp3) is 0.120. The molecule has 0 aromatic heterocycles. The molecule has 0 fully saturated rings. The van der Waals surface area contributed by atoms with E-state index >= 15 is 0 Å². The molecular formula is C25H21N3O5. The first-order valence-electron chi connectivity index (χ1n) is 9.94. The highest BCUT2D eigenvalue weighted by Gasteiger charge is 2.16. The highest BCUT2D eigenvalue weighted by atomic mass is 16.6. The second-order valence-electron chi connectivity index (χ2n) is 7.05. The maximum absolute atomic E-state index is 12.6. The monoisotopic (exact) mass is 443 g/mol. The van der Waals surface area contributed by atoms with E-state index < -0.39 is 10.8 Å². The fourth-order valence-corrected chi connectivity index (χ4v) is 3.01. The lowest BCUT2D eigenvalue weighted by Gasteiger charge is -2.10. The summed E-state index contributed by atoms with van der Waals surface area (Å²) in [6, 6.07) is 20.6. The van der Waals surface area contributed by atoms with Crippen molar-refractivity contribution in [1.29, 1.82) is 5.26 Å². The minimum Gasteiger partial charge on any atom is -0.495 e. The summed E-state index contributed by atoms with van der Waals surface area (Å²) in [4.78, 5) is 23.0. The minimum absolute atomic E-state index is 0.0952. The van der Waals surface area contributed by atoms with Gasteiger partial charge >= 0.3 is 0 Å². The van der Waals surface area contributed by atoms with Gasteiger partial charge in [0.15, 0.2) is 0 Å². The van der Waals surface area contributed by atoms with Crippen molar-refractivity contribution in [2.45, 2.75) is 13.5 Å². The number of nitro groups is 1. The predicted molar refractivity (Wildman–Crippen MR) is 124 cm³/mol. The van der Waals surface area contributed by atoms with Gasteiger partial charge < -0.3 is 14.8 Å². The van der Waals surface area contributed by atoms with Crippen molar-refractivity contribution in [3.8, 4) is 17.6 Å². The van der Waals surface area contributed by atoms with Crippen LogP contribution in [-0.2, 0) is 11.4 Å². The van der Waals surface area contributed by atoms with Crippen LogP contribution in [0, 0.1) is 28.4 Å². The van der Waals surface area contributed by atoms with Crippen molar-refractivity contribution in [2.75, 3.05) is 12.4 Å². The van der Waals surface area contributed by atoms with E-state index in [-0.39, 0.29) is 22.7 Å². The van der Waals surface area contributed by atoms with Gasteiger partial charge in [0.05, 0.1) is 17.7 Å². The molecule has 3 rings (SSSR count). The van der Waals surface area contributed by atoms with Crippen LogP contribution >= 0.6 is 0 Å². The Bertz CT molecular complexity index is 1240. The maximum atomic E-state index is 12.6. The average Bonchev–Trinajstić information content (AvgIpc) is 2.82. The number of non-ortho nitro benzene ring substituents is 1. The van der Waals surface area contributed by atoms with Crippen LogP contribution in [0.4, 0.5) is 11.4 Å². The Morgan fingerprint density at radius 1 is 1.15 bits per heavy atom. The molecule has 3 aromatic rings. The average molecular weight is 443 g/mol. The number of aryl methyl sites for hydroxylation is 1. The number of carbonyl (C=O) groups is 1. The topological polar surface area (TPSA) is 114 Å². The summed E-state index contributed by atoms with van der Waals surface area (Å²) in [5, 5.41) is 23.0. The molecule has 0 bridgehead atoms. The van der Waals surface area contributed by atoms with Gasteiger partial charge in [-0.15, -0.1) is 0 Å². The Balaban J connectivity index is 1.72. The van der Waals surface area contributed by atoms with E-state index in [4.69, 9.17) is 9.47 Å². The molecule has 0 radical (unpaired) electrons. The number of carbonyl (C=O) groups excluding carboxylic acids is 1. The summed E-state index contributed by atoms with van der Waals surface area (Å²) in [5.41, 5.74) is 2.56. The second-order valence-corrected chi connectivity index (χ2v) is 7.05. The molecule has 8 nitrogen and oxygen atoms in total. The number of hydrogen-bond acceptors (Lipinski definition) is 6. The van der Waals surface area contributed by atoms with Crippen molar-refractivity contribution in [3.63, 3.8) is 0 Å². The third-order valence-corrected chi connectivity index (χ3v) is 4.85. The van der Waals surface area contributed by atoms with Gasteiger partial charge in [-0.05, 0) is 47.9 Å². The van der Waals surface area contributed by atoms with Crippen LogP contribution in [0.3, 0.4) is 0 Å². The number of anilines is 1. The Kier molecular flexibility index (Phi) is 7.39. The smallest absolute Gasteiger partial charge is 0.271 e. The number of amides is 1. The number of nitro benzene ring substituents is 1. The van der Waals surface area contributed by atoms with Crippen LogP contribution in [0.5, 0.6) is 11.5 Å². The normalized spacial score (nSPS) is 10.8. The molecule has 0 spiro atoms. The lowest BCUT2D eigenvalue weighted by atomic mass is 10.1. The van der Waals surface area contributed by atoms with E-state index in [1.54, 1.807) is 24.3 Å². The van der Waals surface area contributed by atoms with Crippen molar-refractivity contribution in [1.82, 2.24) is 0 Å². The number of nitriles is 1. The fourth-order valence-electron chi connectivity index (χ4n) is 3.01. The van der Waals surface area contributed by atoms with Gasteiger partial charge in [0.1, 0.15) is 29.7 Å². The summed E-state index contributed by atoms with van der Waals surface area (Å²) in [6.45, 7) is 2.45. The third kappa shape index (κ3) is 5.95. The summed E-state index contributed by atoms with van der Waals surface area (Å²) >= 11 is 0. The lowest BCUT2D eigenvalue weighted by Crippen LogP contribution is -2.14. The van der Waals surface area contributed by atoms with Crippen LogP contribution < -0.4 is 14.8 Å². The van der Waals surface area contributed by atoms with E-state index in [1.807, 2.05) is 37.3 Å². The Morgan fingerprint density at radius 3 is 2.52 bits per heavy atom. The molecule has 0 atom stereocenters. The number of benzene rings is 3. The zero-order valence-electron chi connectivity index (χ0n) is 18.1. The quantitative estimate of drug-likeness (QED) is 0.226. The first-order chi connectivity index (χ1) is 15.9. The first-order valence-corrected chi connectivity index (χ1v) is 9.94. The molecule has 0 aliphatic carbocycles. The minimum atomic E-state index is -0.712. The molecular weight excluding hydrogens is 422 g/mol. The Labute approximate surface area is 190 Å². The van der Waals surface area contributed by atoms with Crippen molar-refractivity contribution in [2.24, 2.45) is 0 Å². The Morgan fingerprint density at radius 2 is 1.88 bits per heavy atom. The highest BCUT2D eigenvalue weighted by molar-refractivity contribution is 6.10. The number of rotatable bonds is 8. The van der Waals surface area contributed by atoms with E-state index in [2.05, 4.69) is 5.32 Å². The van der Waals surface area contributed by atoms with E-state index in [1.165, 1.54) is 31.4 Å². The van der Waals surface area contributed by atoms with Crippen molar-refractivity contribution in [3.05, 3.63) is 99.1 Å². The lowest BCUT2D eigenvalue weighted by molar-refractivity contribution is -0.384. The van der Waals surface area contributed by atoms with Gasteiger partial charge in [0, 0.05) is 12.1 Å². The van der Waals surface area contributed by atoms with Crippen molar-refractivity contribution < 1.29 is 19.2 Å². The molecule has 1 N–H and O–H groups in total. The molecule has 0 saturated carbocycles. The van der Waals surface area contributed by atoms with E-state index in [0.29, 0.717) is 17.9 Å². The number of hydrogen-bond donors (Lipinski definition) is 1. The summed E-state index contributed by atoms with van der Waals surface area (Å²) in [5.74, 6) is 0.178. The zero-order valence-corrected chi connectivity index (χ0v) is 18.1. The molecule has 33 heavy (non-hydrogen) atoms. The molecule has 3 aromatic carbocycles. The van der Waals surface area contributed by atoms with E-state index in [9.17, 15) is 20.2 Å². The molecule has 0 saturated heterocycles.